The lowest BCUT2D eigenvalue weighted by molar-refractivity contribution is 0.195. The first kappa shape index (κ1) is 7.82. The molecule has 0 radical (unpaired) electrons. The third kappa shape index (κ3) is 3.99. The van der Waals surface area contributed by atoms with Gasteiger partial charge in [0.2, 0.25) is 0 Å². The molecule has 0 aromatic heterocycles. The SMILES string of the molecule is CNC(C)OP(=O)=O. The van der Waals surface area contributed by atoms with Gasteiger partial charge in [-0.15, -0.1) is 0 Å². The highest BCUT2D eigenvalue weighted by molar-refractivity contribution is 7.24. The Morgan fingerprint density at radius 1 is 1.62 bits per heavy atom. The number of hydrogen-bond acceptors (Lipinski definition) is 4. The molecule has 0 heterocycles. The fraction of sp³-hybridized carbons (Fsp3) is 1.00. The summed E-state index contributed by atoms with van der Waals surface area (Å²) >= 11 is 0. The molecule has 0 amide bonds. The van der Waals surface area contributed by atoms with E-state index in [1.165, 1.54) is 0 Å². The van der Waals surface area contributed by atoms with Crippen LogP contribution in [0, 0.1) is 0 Å². The van der Waals surface area contributed by atoms with Gasteiger partial charge < -0.3 is 0 Å². The number of hydrogen-bond donors (Lipinski definition) is 1. The molecule has 0 spiro atoms. The largest absolute Gasteiger partial charge is 0.469 e. The molecule has 1 N–H and O–H groups in total. The Kier molecular flexibility index (Phi) is 3.69. The summed E-state index contributed by atoms with van der Waals surface area (Å²) in [4.78, 5) is 0. The Labute approximate surface area is 48.1 Å². The molecule has 0 saturated heterocycles. The van der Waals surface area contributed by atoms with Crippen LogP contribution in [0.3, 0.4) is 0 Å². The second-order valence-electron chi connectivity index (χ2n) is 1.26. The van der Waals surface area contributed by atoms with Crippen LogP contribution in [0.2, 0.25) is 0 Å². The van der Waals surface area contributed by atoms with Crippen molar-refractivity contribution < 1.29 is 13.7 Å². The Balaban J connectivity index is 3.39. The highest BCUT2D eigenvalue weighted by Gasteiger charge is 1.98. The molecule has 0 aliphatic rings. The van der Waals surface area contributed by atoms with Gasteiger partial charge in [-0.1, -0.05) is 0 Å². The Morgan fingerprint density at radius 3 is 2.25 bits per heavy atom. The maximum atomic E-state index is 9.74. The van der Waals surface area contributed by atoms with Crippen LogP contribution >= 0.6 is 7.91 Å². The van der Waals surface area contributed by atoms with Crippen LogP contribution in [-0.4, -0.2) is 13.3 Å². The molecule has 0 aliphatic carbocycles. The first-order valence-corrected chi connectivity index (χ1v) is 3.24. The molecule has 0 aromatic rings. The van der Waals surface area contributed by atoms with E-state index in [0.29, 0.717) is 0 Å². The van der Waals surface area contributed by atoms with E-state index in [0.717, 1.165) is 0 Å². The van der Waals surface area contributed by atoms with Gasteiger partial charge in [0.15, 0.2) is 0 Å². The van der Waals surface area contributed by atoms with Gasteiger partial charge in [-0.25, -0.2) is 9.13 Å². The molecule has 5 heteroatoms. The average molecular weight is 137 g/mol. The molecule has 0 saturated carbocycles. The van der Waals surface area contributed by atoms with E-state index in [4.69, 9.17) is 0 Å². The van der Waals surface area contributed by atoms with Crippen molar-refractivity contribution >= 4 is 7.91 Å². The summed E-state index contributed by atoms with van der Waals surface area (Å²) in [6.07, 6.45) is -0.420. The minimum Gasteiger partial charge on any atom is -0.295 e. The molecule has 4 nitrogen and oxygen atoms in total. The number of nitrogens with one attached hydrogen (secondary N) is 1. The summed E-state index contributed by atoms with van der Waals surface area (Å²) in [5.74, 6) is 0. The summed E-state index contributed by atoms with van der Waals surface area (Å²) in [6, 6.07) is 0. The first-order valence-electron chi connectivity index (χ1n) is 2.15. The third-order valence-corrected chi connectivity index (χ3v) is 1.14. The van der Waals surface area contributed by atoms with Crippen molar-refractivity contribution in [2.75, 3.05) is 7.05 Å². The van der Waals surface area contributed by atoms with E-state index in [-0.39, 0.29) is 0 Å². The summed E-state index contributed by atoms with van der Waals surface area (Å²) in [5.41, 5.74) is 0. The second-order valence-corrected chi connectivity index (χ2v) is 1.92. The quantitative estimate of drug-likeness (QED) is 0.458. The average Bonchev–Trinajstić information content (AvgIpc) is 1.65. The van der Waals surface area contributed by atoms with Crippen molar-refractivity contribution in [3.05, 3.63) is 0 Å². The Bertz CT molecular complexity index is 114. The van der Waals surface area contributed by atoms with Gasteiger partial charge in [0, 0.05) is 0 Å². The zero-order valence-corrected chi connectivity index (χ0v) is 5.64. The van der Waals surface area contributed by atoms with Crippen LogP contribution in [0.15, 0.2) is 0 Å². The smallest absolute Gasteiger partial charge is 0.295 e. The van der Waals surface area contributed by atoms with Gasteiger partial charge in [-0.3, -0.25) is 9.84 Å². The van der Waals surface area contributed by atoms with Crippen LogP contribution in [0.25, 0.3) is 0 Å². The number of rotatable bonds is 3. The van der Waals surface area contributed by atoms with Crippen LogP contribution in [-0.2, 0) is 13.7 Å². The van der Waals surface area contributed by atoms with Crippen molar-refractivity contribution in [2.24, 2.45) is 0 Å². The lowest BCUT2D eigenvalue weighted by Gasteiger charge is -2.01. The van der Waals surface area contributed by atoms with Gasteiger partial charge in [0.05, 0.1) is 0 Å². The first-order chi connectivity index (χ1) is 3.66. The molecular weight excluding hydrogens is 129 g/mol. The second kappa shape index (κ2) is 3.78. The highest BCUT2D eigenvalue weighted by Crippen LogP contribution is 2.06. The van der Waals surface area contributed by atoms with Gasteiger partial charge in [0.25, 0.3) is 0 Å². The molecule has 8 heavy (non-hydrogen) atoms. The molecule has 1 unspecified atom stereocenters. The zero-order chi connectivity index (χ0) is 6.57. The van der Waals surface area contributed by atoms with E-state index >= 15 is 0 Å². The van der Waals surface area contributed by atoms with E-state index in [9.17, 15) is 9.13 Å². The van der Waals surface area contributed by atoms with E-state index in [1.807, 2.05) is 0 Å². The third-order valence-electron chi connectivity index (χ3n) is 0.651. The van der Waals surface area contributed by atoms with Crippen molar-refractivity contribution in [2.45, 2.75) is 13.2 Å². The zero-order valence-electron chi connectivity index (χ0n) is 4.75. The maximum Gasteiger partial charge on any atom is 0.469 e. The molecular formula is C3H8NO3P. The monoisotopic (exact) mass is 137 g/mol. The van der Waals surface area contributed by atoms with Crippen molar-refractivity contribution in [3.63, 3.8) is 0 Å². The van der Waals surface area contributed by atoms with Crippen LogP contribution in [0.4, 0.5) is 0 Å². The topological polar surface area (TPSA) is 55.4 Å². The van der Waals surface area contributed by atoms with Gasteiger partial charge >= 0.3 is 7.91 Å². The molecule has 0 bridgehead atoms. The minimum absolute atomic E-state index is 0.420. The summed E-state index contributed by atoms with van der Waals surface area (Å²) in [5, 5.41) is 2.59. The maximum absolute atomic E-state index is 9.74. The fourth-order valence-corrected chi connectivity index (χ4v) is 0.545. The summed E-state index contributed by atoms with van der Waals surface area (Å²) < 4.78 is 23.7. The minimum atomic E-state index is -2.71. The highest BCUT2D eigenvalue weighted by atomic mass is 31.1. The standard InChI is InChI=1S/C3H8NO3P/c1-3(4-2)7-8(5)6/h3-4H,1-2H3. The van der Waals surface area contributed by atoms with Crippen molar-refractivity contribution in [3.8, 4) is 0 Å². The van der Waals surface area contributed by atoms with Crippen LogP contribution in [0.1, 0.15) is 6.92 Å². The molecule has 0 aromatic carbocycles. The molecule has 0 fully saturated rings. The van der Waals surface area contributed by atoms with E-state index in [1.54, 1.807) is 14.0 Å². The molecule has 0 aliphatic heterocycles. The van der Waals surface area contributed by atoms with E-state index in [2.05, 4.69) is 9.84 Å². The molecule has 1 atom stereocenters. The summed E-state index contributed by atoms with van der Waals surface area (Å²) in [6.45, 7) is 1.60. The van der Waals surface area contributed by atoms with Gasteiger partial charge in [-0.2, -0.15) is 0 Å². The van der Waals surface area contributed by atoms with Gasteiger partial charge in [0.1, 0.15) is 6.23 Å². The van der Waals surface area contributed by atoms with Crippen LogP contribution in [0.5, 0.6) is 0 Å². The predicted molar refractivity (Wildman–Crippen MR) is 27.9 cm³/mol. The Hall–Kier alpha value is -0.180. The van der Waals surface area contributed by atoms with E-state index < -0.39 is 14.1 Å². The lowest BCUT2D eigenvalue weighted by atomic mass is 10.7. The summed E-state index contributed by atoms with van der Waals surface area (Å²) in [7, 11) is -1.09. The molecule has 0 rings (SSSR count). The predicted octanol–water partition coefficient (Wildman–Crippen LogP) is 0.656. The van der Waals surface area contributed by atoms with Gasteiger partial charge in [-0.05, 0) is 14.0 Å². The fourth-order valence-electron chi connectivity index (χ4n) is 0.182. The van der Waals surface area contributed by atoms with Crippen LogP contribution < -0.4 is 5.32 Å². The van der Waals surface area contributed by atoms with Crippen molar-refractivity contribution in [1.82, 2.24) is 5.32 Å². The van der Waals surface area contributed by atoms with Crippen molar-refractivity contribution in [1.29, 1.82) is 0 Å². The molecule has 48 valence electrons. The lowest BCUT2D eigenvalue weighted by Crippen LogP contribution is -2.20. The Morgan fingerprint density at radius 2 is 2.12 bits per heavy atom. The normalized spacial score (nSPS) is 13.2.